The Morgan fingerprint density at radius 1 is 1.40 bits per heavy atom. The molecule has 1 heterocycles. The maximum Gasteiger partial charge on any atom is 0.337 e. The Bertz CT molecular complexity index is 593. The number of aromatic amines is 1. The minimum absolute atomic E-state index is 0.343. The lowest BCUT2D eigenvalue weighted by molar-refractivity contribution is 0.0699. The molecule has 1 aliphatic carbocycles. The van der Waals surface area contributed by atoms with E-state index < -0.39 is 5.97 Å². The van der Waals surface area contributed by atoms with Crippen molar-refractivity contribution >= 4 is 22.9 Å². The van der Waals surface area contributed by atoms with Crippen molar-refractivity contribution < 1.29 is 9.90 Å². The van der Waals surface area contributed by atoms with Crippen LogP contribution in [0.5, 0.6) is 0 Å². The van der Waals surface area contributed by atoms with Gasteiger partial charge in [-0.05, 0) is 24.1 Å². The molecule has 0 amide bonds. The molecule has 2 N–H and O–H groups in total. The van der Waals surface area contributed by atoms with Gasteiger partial charge in [0.2, 0.25) is 0 Å². The van der Waals surface area contributed by atoms with Crippen molar-refractivity contribution in [2.24, 2.45) is 0 Å². The number of aromatic nitrogens is 1. The van der Waals surface area contributed by atoms with E-state index in [0.29, 0.717) is 5.56 Å². The third kappa shape index (κ3) is 1.03. The summed E-state index contributed by atoms with van der Waals surface area (Å²) in [5.41, 5.74) is 3.32. The molecule has 0 saturated carbocycles. The number of rotatable bonds is 1. The summed E-state index contributed by atoms with van der Waals surface area (Å²) < 4.78 is 0. The molecule has 74 valence electrons. The molecule has 0 bridgehead atoms. The molecule has 3 nitrogen and oxygen atoms in total. The minimum Gasteiger partial charge on any atom is -0.478 e. The van der Waals surface area contributed by atoms with E-state index in [-0.39, 0.29) is 0 Å². The van der Waals surface area contributed by atoms with Crippen molar-refractivity contribution in [3.8, 4) is 0 Å². The number of hydrogen-bond donors (Lipinski definition) is 2. The van der Waals surface area contributed by atoms with Crippen LogP contribution in [0.25, 0.3) is 17.0 Å². The number of nitrogens with one attached hydrogen (secondary N) is 1. The number of aromatic carboxylic acids is 1. The zero-order chi connectivity index (χ0) is 10.4. The molecule has 0 atom stereocenters. The molecule has 0 spiro atoms. The first-order valence-electron chi connectivity index (χ1n) is 4.81. The Hall–Kier alpha value is -2.03. The fourth-order valence-electron chi connectivity index (χ4n) is 2.13. The van der Waals surface area contributed by atoms with Crippen LogP contribution in [0.15, 0.2) is 24.3 Å². The highest BCUT2D eigenvalue weighted by Crippen LogP contribution is 2.29. The van der Waals surface area contributed by atoms with Gasteiger partial charge in [0.15, 0.2) is 0 Å². The van der Waals surface area contributed by atoms with E-state index in [0.717, 1.165) is 23.0 Å². The van der Waals surface area contributed by atoms with Crippen molar-refractivity contribution in [3.05, 3.63) is 41.1 Å². The van der Waals surface area contributed by atoms with E-state index >= 15 is 0 Å². The number of allylic oxidation sites excluding steroid dienone is 1. The molecule has 1 aliphatic rings. The second-order valence-electron chi connectivity index (χ2n) is 3.66. The summed E-state index contributed by atoms with van der Waals surface area (Å²) in [6.07, 6.45) is 4.97. The molecule has 1 aromatic heterocycles. The third-order valence-electron chi connectivity index (χ3n) is 2.81. The smallest absolute Gasteiger partial charge is 0.337 e. The second kappa shape index (κ2) is 2.73. The van der Waals surface area contributed by atoms with Gasteiger partial charge in [0.1, 0.15) is 0 Å². The highest BCUT2D eigenvalue weighted by atomic mass is 16.4. The SMILES string of the molecule is O=C(O)c1cccc2c3c([nH]c12)C=CC3. The first-order valence-corrected chi connectivity index (χ1v) is 4.81. The summed E-state index contributed by atoms with van der Waals surface area (Å²) in [7, 11) is 0. The Morgan fingerprint density at radius 3 is 3.07 bits per heavy atom. The van der Waals surface area contributed by atoms with Gasteiger partial charge < -0.3 is 10.1 Å². The second-order valence-corrected chi connectivity index (χ2v) is 3.66. The summed E-state index contributed by atoms with van der Waals surface area (Å²) >= 11 is 0. The number of benzene rings is 1. The van der Waals surface area contributed by atoms with Crippen LogP contribution < -0.4 is 0 Å². The van der Waals surface area contributed by atoms with E-state index in [1.165, 1.54) is 5.56 Å². The number of para-hydroxylation sites is 1. The average Bonchev–Trinajstić information content (AvgIpc) is 2.75. The van der Waals surface area contributed by atoms with Crippen molar-refractivity contribution in [2.75, 3.05) is 0 Å². The lowest BCUT2D eigenvalue weighted by Crippen LogP contribution is -1.96. The molecule has 0 radical (unpaired) electrons. The number of carbonyl (C=O) groups is 1. The predicted octanol–water partition coefficient (Wildman–Crippen LogP) is 2.44. The van der Waals surface area contributed by atoms with E-state index in [4.69, 9.17) is 5.11 Å². The molecule has 1 aromatic carbocycles. The molecule has 3 heteroatoms. The minimum atomic E-state index is -0.885. The van der Waals surface area contributed by atoms with Crippen LogP contribution in [0.2, 0.25) is 0 Å². The van der Waals surface area contributed by atoms with E-state index in [1.807, 2.05) is 12.1 Å². The highest BCUT2D eigenvalue weighted by molar-refractivity contribution is 6.04. The first-order chi connectivity index (χ1) is 7.27. The highest BCUT2D eigenvalue weighted by Gasteiger charge is 2.16. The van der Waals surface area contributed by atoms with Gasteiger partial charge in [-0.25, -0.2) is 4.79 Å². The lowest BCUT2D eigenvalue weighted by atomic mass is 10.1. The van der Waals surface area contributed by atoms with Gasteiger partial charge in [-0.3, -0.25) is 0 Å². The van der Waals surface area contributed by atoms with Gasteiger partial charge in [0, 0.05) is 11.1 Å². The summed E-state index contributed by atoms with van der Waals surface area (Å²) in [5.74, 6) is -0.885. The number of carboxylic acids is 1. The van der Waals surface area contributed by atoms with Crippen molar-refractivity contribution in [3.63, 3.8) is 0 Å². The normalized spacial score (nSPS) is 13.3. The standard InChI is InChI=1S/C12H9NO2/c14-12(15)9-5-1-4-8-7-3-2-6-10(7)13-11(8)9/h1-2,4-6,13H,3H2,(H,14,15). The summed E-state index contributed by atoms with van der Waals surface area (Å²) in [4.78, 5) is 14.2. The van der Waals surface area contributed by atoms with Crippen LogP contribution in [0.3, 0.4) is 0 Å². The number of hydrogen-bond acceptors (Lipinski definition) is 1. The summed E-state index contributed by atoms with van der Waals surface area (Å²) in [6, 6.07) is 5.38. The molecule has 0 saturated heterocycles. The molecule has 15 heavy (non-hydrogen) atoms. The quantitative estimate of drug-likeness (QED) is 0.741. The van der Waals surface area contributed by atoms with Gasteiger partial charge >= 0.3 is 5.97 Å². The zero-order valence-corrected chi connectivity index (χ0v) is 7.95. The number of H-pyrrole nitrogens is 1. The third-order valence-corrected chi connectivity index (χ3v) is 2.81. The van der Waals surface area contributed by atoms with Crippen LogP contribution in [-0.2, 0) is 6.42 Å². The molecule has 0 aliphatic heterocycles. The van der Waals surface area contributed by atoms with Crippen LogP contribution in [0.4, 0.5) is 0 Å². The van der Waals surface area contributed by atoms with E-state index in [1.54, 1.807) is 12.1 Å². The van der Waals surface area contributed by atoms with Gasteiger partial charge in [-0.2, -0.15) is 0 Å². The molecule has 2 aromatic rings. The zero-order valence-electron chi connectivity index (χ0n) is 7.95. The van der Waals surface area contributed by atoms with Crippen LogP contribution in [0, 0.1) is 0 Å². The summed E-state index contributed by atoms with van der Waals surface area (Å²) in [5, 5.41) is 10.1. The summed E-state index contributed by atoms with van der Waals surface area (Å²) in [6.45, 7) is 0. The van der Waals surface area contributed by atoms with Gasteiger partial charge in [-0.15, -0.1) is 0 Å². The van der Waals surface area contributed by atoms with Gasteiger partial charge in [0.05, 0.1) is 11.1 Å². The molecule has 3 rings (SSSR count). The monoisotopic (exact) mass is 199 g/mol. The Balaban J connectivity index is 2.41. The van der Waals surface area contributed by atoms with Crippen molar-refractivity contribution in [2.45, 2.75) is 6.42 Å². The molecule has 0 unspecified atom stereocenters. The molecule has 0 fully saturated rings. The van der Waals surface area contributed by atoms with Gasteiger partial charge in [0.25, 0.3) is 0 Å². The maximum absolute atomic E-state index is 11.0. The van der Waals surface area contributed by atoms with Crippen molar-refractivity contribution in [1.82, 2.24) is 4.98 Å². The number of fused-ring (bicyclic) bond motifs is 3. The Labute approximate surface area is 86.0 Å². The topological polar surface area (TPSA) is 53.1 Å². The first kappa shape index (κ1) is 8.29. The number of carboxylic acid groups (broad SMARTS) is 1. The van der Waals surface area contributed by atoms with Gasteiger partial charge in [-0.1, -0.05) is 18.2 Å². The van der Waals surface area contributed by atoms with E-state index in [9.17, 15) is 4.79 Å². The molecular weight excluding hydrogens is 190 g/mol. The van der Waals surface area contributed by atoms with Crippen LogP contribution in [-0.4, -0.2) is 16.1 Å². The fourth-order valence-corrected chi connectivity index (χ4v) is 2.13. The van der Waals surface area contributed by atoms with Crippen molar-refractivity contribution in [1.29, 1.82) is 0 Å². The Kier molecular flexibility index (Phi) is 1.51. The fraction of sp³-hybridized carbons (Fsp3) is 0.0833. The Morgan fingerprint density at radius 2 is 2.27 bits per heavy atom. The average molecular weight is 199 g/mol. The van der Waals surface area contributed by atoms with E-state index in [2.05, 4.69) is 11.1 Å². The largest absolute Gasteiger partial charge is 0.478 e. The lowest BCUT2D eigenvalue weighted by Gasteiger charge is -1.97. The van der Waals surface area contributed by atoms with Crippen LogP contribution in [0.1, 0.15) is 21.6 Å². The maximum atomic E-state index is 11.0. The predicted molar refractivity (Wildman–Crippen MR) is 58.0 cm³/mol. The molecular formula is C12H9NO2. The van der Waals surface area contributed by atoms with Crippen LogP contribution >= 0.6 is 0 Å².